The predicted molar refractivity (Wildman–Crippen MR) is 82.2 cm³/mol. The van der Waals surface area contributed by atoms with E-state index >= 15 is 0 Å². The molecule has 1 aromatic heterocycles. The van der Waals surface area contributed by atoms with Crippen LogP contribution in [0, 0.1) is 6.92 Å². The molecular weight excluding hydrogens is 264 g/mol. The number of hydrogen-bond donors (Lipinski definition) is 1. The normalized spacial score (nSPS) is 11.8. The number of carbonyl (C=O) groups excluding carboxylic acids is 1. The number of aromatic nitrogens is 1. The van der Waals surface area contributed by atoms with Gasteiger partial charge in [-0.3, -0.25) is 9.78 Å². The zero-order valence-electron chi connectivity index (χ0n) is 12.6. The van der Waals surface area contributed by atoms with Gasteiger partial charge in [-0.25, -0.2) is 0 Å². The molecule has 2 aromatic rings. The van der Waals surface area contributed by atoms with Gasteiger partial charge in [0, 0.05) is 18.0 Å². The maximum absolute atomic E-state index is 12.2. The highest BCUT2D eigenvalue weighted by Gasteiger charge is 2.12. The number of hydrogen-bond acceptors (Lipinski definition) is 3. The summed E-state index contributed by atoms with van der Waals surface area (Å²) in [6.07, 6.45) is 3.75. The lowest BCUT2D eigenvalue weighted by atomic mass is 10.1. The fraction of sp³-hybridized carbons (Fsp3) is 0.294. The molecular formula is C17H20N2O2. The molecule has 1 amide bonds. The van der Waals surface area contributed by atoms with Gasteiger partial charge in [0.2, 0.25) is 5.91 Å². The molecule has 1 aromatic carbocycles. The fourth-order valence-electron chi connectivity index (χ4n) is 2.25. The van der Waals surface area contributed by atoms with Crippen molar-refractivity contribution in [1.82, 2.24) is 10.3 Å². The van der Waals surface area contributed by atoms with Crippen molar-refractivity contribution in [2.45, 2.75) is 26.3 Å². The minimum Gasteiger partial charge on any atom is -0.496 e. The van der Waals surface area contributed by atoms with E-state index in [0.29, 0.717) is 6.42 Å². The van der Waals surface area contributed by atoms with Crippen LogP contribution in [-0.4, -0.2) is 18.0 Å². The molecule has 0 radical (unpaired) electrons. The molecule has 0 saturated carbocycles. The van der Waals surface area contributed by atoms with Crippen molar-refractivity contribution in [3.63, 3.8) is 0 Å². The van der Waals surface area contributed by atoms with Crippen LogP contribution < -0.4 is 10.1 Å². The molecule has 0 aliphatic rings. The first kappa shape index (κ1) is 15.0. The Labute approximate surface area is 125 Å². The van der Waals surface area contributed by atoms with Crippen molar-refractivity contribution in [2.75, 3.05) is 7.11 Å². The molecule has 0 fully saturated rings. The molecule has 0 aliphatic heterocycles. The van der Waals surface area contributed by atoms with Crippen LogP contribution in [0.2, 0.25) is 0 Å². The monoisotopic (exact) mass is 284 g/mol. The van der Waals surface area contributed by atoms with Gasteiger partial charge in [-0.1, -0.05) is 17.7 Å². The third kappa shape index (κ3) is 4.05. The Balaban J connectivity index is 2.04. The molecule has 1 heterocycles. The van der Waals surface area contributed by atoms with Crippen molar-refractivity contribution in [1.29, 1.82) is 0 Å². The average molecular weight is 284 g/mol. The first-order chi connectivity index (χ1) is 10.1. The Kier molecular flexibility index (Phi) is 4.93. The van der Waals surface area contributed by atoms with Crippen LogP contribution in [-0.2, 0) is 11.2 Å². The fourth-order valence-corrected chi connectivity index (χ4v) is 2.25. The van der Waals surface area contributed by atoms with Crippen molar-refractivity contribution in [3.05, 3.63) is 59.4 Å². The van der Waals surface area contributed by atoms with Gasteiger partial charge in [0.1, 0.15) is 5.75 Å². The number of ether oxygens (including phenoxy) is 1. The topological polar surface area (TPSA) is 51.2 Å². The number of benzene rings is 1. The van der Waals surface area contributed by atoms with Crippen LogP contribution >= 0.6 is 0 Å². The molecule has 1 atom stereocenters. The summed E-state index contributed by atoms with van der Waals surface area (Å²) < 4.78 is 5.30. The minimum atomic E-state index is -0.0451. The van der Waals surface area contributed by atoms with Gasteiger partial charge in [-0.2, -0.15) is 0 Å². The minimum absolute atomic E-state index is 0.0248. The van der Waals surface area contributed by atoms with Gasteiger partial charge in [-0.05, 0) is 37.6 Å². The van der Waals surface area contributed by atoms with Gasteiger partial charge < -0.3 is 10.1 Å². The van der Waals surface area contributed by atoms with E-state index < -0.39 is 0 Å². The second-order valence-electron chi connectivity index (χ2n) is 5.06. The Hall–Kier alpha value is -2.36. The first-order valence-electron chi connectivity index (χ1n) is 6.93. The highest BCUT2D eigenvalue weighted by atomic mass is 16.5. The quantitative estimate of drug-likeness (QED) is 0.918. The van der Waals surface area contributed by atoms with Crippen LogP contribution in [0.15, 0.2) is 42.7 Å². The van der Waals surface area contributed by atoms with E-state index in [-0.39, 0.29) is 11.9 Å². The Morgan fingerprint density at radius 3 is 2.67 bits per heavy atom. The molecule has 0 spiro atoms. The second kappa shape index (κ2) is 6.88. The van der Waals surface area contributed by atoms with Crippen LogP contribution in [0.25, 0.3) is 0 Å². The molecule has 4 nitrogen and oxygen atoms in total. The average Bonchev–Trinajstić information content (AvgIpc) is 2.48. The lowest BCUT2D eigenvalue weighted by Gasteiger charge is -2.15. The van der Waals surface area contributed by atoms with Crippen molar-refractivity contribution in [3.8, 4) is 5.75 Å². The molecule has 4 heteroatoms. The summed E-state index contributed by atoms with van der Waals surface area (Å²) in [5.74, 6) is 0.718. The second-order valence-corrected chi connectivity index (χ2v) is 5.06. The maximum Gasteiger partial charge on any atom is 0.225 e. The summed E-state index contributed by atoms with van der Waals surface area (Å²) in [5, 5.41) is 2.99. The number of nitrogens with zero attached hydrogens (tertiary/aromatic N) is 1. The SMILES string of the molecule is COc1ccc(C)cc1CC(=O)NC(C)c1ccncc1. The molecule has 0 aliphatic carbocycles. The van der Waals surface area contributed by atoms with E-state index in [1.165, 1.54) is 0 Å². The van der Waals surface area contributed by atoms with Gasteiger partial charge >= 0.3 is 0 Å². The number of nitrogens with one attached hydrogen (secondary N) is 1. The number of carbonyl (C=O) groups is 1. The Bertz CT molecular complexity index is 611. The lowest BCUT2D eigenvalue weighted by Crippen LogP contribution is -2.28. The number of amides is 1. The highest BCUT2D eigenvalue weighted by molar-refractivity contribution is 5.79. The summed E-state index contributed by atoms with van der Waals surface area (Å²) in [4.78, 5) is 16.2. The summed E-state index contributed by atoms with van der Waals surface area (Å²) in [6.45, 7) is 3.96. The molecule has 0 saturated heterocycles. The summed E-state index contributed by atoms with van der Waals surface area (Å²) in [7, 11) is 1.62. The van der Waals surface area contributed by atoms with E-state index in [1.54, 1.807) is 19.5 Å². The molecule has 110 valence electrons. The van der Waals surface area contributed by atoms with Crippen molar-refractivity contribution in [2.24, 2.45) is 0 Å². The summed E-state index contributed by atoms with van der Waals surface area (Å²) in [6, 6.07) is 9.60. The van der Waals surface area contributed by atoms with E-state index in [2.05, 4.69) is 10.3 Å². The smallest absolute Gasteiger partial charge is 0.225 e. The van der Waals surface area contributed by atoms with Gasteiger partial charge in [0.25, 0.3) is 0 Å². The van der Waals surface area contributed by atoms with Gasteiger partial charge in [0.05, 0.1) is 19.6 Å². The predicted octanol–water partition coefficient (Wildman–Crippen LogP) is 2.82. The molecule has 1 unspecified atom stereocenters. The van der Waals surface area contributed by atoms with E-state index in [9.17, 15) is 4.79 Å². The number of methoxy groups -OCH3 is 1. The van der Waals surface area contributed by atoms with Gasteiger partial charge in [-0.15, -0.1) is 0 Å². The lowest BCUT2D eigenvalue weighted by molar-refractivity contribution is -0.121. The van der Waals surface area contributed by atoms with E-state index in [0.717, 1.165) is 22.4 Å². The Morgan fingerprint density at radius 2 is 2.00 bits per heavy atom. The third-order valence-electron chi connectivity index (χ3n) is 3.37. The van der Waals surface area contributed by atoms with Gasteiger partial charge in [0.15, 0.2) is 0 Å². The van der Waals surface area contributed by atoms with Crippen LogP contribution in [0.4, 0.5) is 0 Å². The zero-order chi connectivity index (χ0) is 15.2. The molecule has 0 bridgehead atoms. The highest BCUT2D eigenvalue weighted by Crippen LogP contribution is 2.20. The van der Waals surface area contributed by atoms with E-state index in [1.807, 2.05) is 44.2 Å². The summed E-state index contributed by atoms with van der Waals surface area (Å²) in [5.41, 5.74) is 3.05. The Morgan fingerprint density at radius 1 is 1.29 bits per heavy atom. The van der Waals surface area contributed by atoms with Crippen LogP contribution in [0.3, 0.4) is 0 Å². The van der Waals surface area contributed by atoms with E-state index in [4.69, 9.17) is 4.74 Å². The number of rotatable bonds is 5. The third-order valence-corrected chi connectivity index (χ3v) is 3.37. The largest absolute Gasteiger partial charge is 0.496 e. The van der Waals surface area contributed by atoms with Crippen molar-refractivity contribution >= 4 is 5.91 Å². The first-order valence-corrected chi connectivity index (χ1v) is 6.93. The van der Waals surface area contributed by atoms with Crippen molar-refractivity contribution < 1.29 is 9.53 Å². The number of aryl methyl sites for hydroxylation is 1. The molecule has 1 N–H and O–H groups in total. The zero-order valence-corrected chi connectivity index (χ0v) is 12.6. The molecule has 21 heavy (non-hydrogen) atoms. The number of pyridine rings is 1. The molecule has 2 rings (SSSR count). The summed E-state index contributed by atoms with van der Waals surface area (Å²) >= 11 is 0. The van der Waals surface area contributed by atoms with Crippen LogP contribution in [0.1, 0.15) is 29.7 Å². The maximum atomic E-state index is 12.2. The standard InChI is InChI=1S/C17H20N2O2/c1-12-4-5-16(21-3)15(10-12)11-17(20)19-13(2)14-6-8-18-9-7-14/h4-10,13H,11H2,1-3H3,(H,19,20). The van der Waals surface area contributed by atoms with Crippen LogP contribution in [0.5, 0.6) is 5.75 Å².